The summed E-state index contributed by atoms with van der Waals surface area (Å²) in [5.74, 6) is 1.52. The van der Waals surface area contributed by atoms with E-state index in [0.717, 1.165) is 27.6 Å². The van der Waals surface area contributed by atoms with Gasteiger partial charge in [-0.3, -0.25) is 0 Å². The van der Waals surface area contributed by atoms with Gasteiger partial charge in [0.25, 0.3) is 0 Å². The topological polar surface area (TPSA) is 48.1 Å². The number of nitrogens with two attached hydrogens (primary N) is 1. The lowest BCUT2D eigenvalue weighted by Gasteiger charge is -2.08. The van der Waals surface area contributed by atoms with Gasteiger partial charge in [-0.2, -0.15) is 0 Å². The van der Waals surface area contributed by atoms with E-state index in [1.54, 1.807) is 25.1 Å². The van der Waals surface area contributed by atoms with Gasteiger partial charge in [0.2, 0.25) is 0 Å². The molecule has 0 spiro atoms. The molecule has 1 aromatic carbocycles. The number of anilines is 1. The van der Waals surface area contributed by atoms with Crippen molar-refractivity contribution in [1.82, 2.24) is 4.98 Å². The number of ether oxygens (including phenoxy) is 1. The third kappa shape index (κ3) is 3.09. The summed E-state index contributed by atoms with van der Waals surface area (Å²) in [5.41, 5.74) is 7.65. The summed E-state index contributed by atoms with van der Waals surface area (Å²) in [4.78, 5) is 5.02. The van der Waals surface area contributed by atoms with Gasteiger partial charge in [-0.25, -0.2) is 4.98 Å². The lowest BCUT2D eigenvalue weighted by molar-refractivity contribution is 0.414. The van der Waals surface area contributed by atoms with E-state index < -0.39 is 0 Å². The van der Waals surface area contributed by atoms with Gasteiger partial charge in [0.05, 0.1) is 7.11 Å². The second kappa shape index (κ2) is 5.98. The van der Waals surface area contributed by atoms with E-state index in [1.807, 2.05) is 30.3 Å². The Labute approximate surface area is 115 Å². The van der Waals surface area contributed by atoms with E-state index in [9.17, 15) is 0 Å². The van der Waals surface area contributed by atoms with Crippen LogP contribution in [0.15, 0.2) is 41.4 Å². The van der Waals surface area contributed by atoms with Crippen molar-refractivity contribution in [2.24, 2.45) is 0 Å². The van der Waals surface area contributed by atoms with E-state index >= 15 is 0 Å². The molecule has 0 aliphatic rings. The number of pyridine rings is 1. The average molecular weight is 281 g/mol. The van der Waals surface area contributed by atoms with E-state index in [-0.39, 0.29) is 0 Å². The molecular weight excluding hydrogens is 268 g/mol. The van der Waals surface area contributed by atoms with Gasteiger partial charge in [-0.15, -0.1) is 11.8 Å². The lowest BCUT2D eigenvalue weighted by Crippen LogP contribution is -1.91. The molecule has 3 nitrogen and oxygen atoms in total. The Morgan fingerprint density at radius 2 is 2.22 bits per heavy atom. The van der Waals surface area contributed by atoms with E-state index in [4.69, 9.17) is 22.1 Å². The van der Waals surface area contributed by atoms with Crippen molar-refractivity contribution in [3.8, 4) is 5.75 Å². The van der Waals surface area contributed by atoms with Crippen LogP contribution < -0.4 is 10.5 Å². The van der Waals surface area contributed by atoms with Gasteiger partial charge in [0.15, 0.2) is 0 Å². The van der Waals surface area contributed by atoms with Gasteiger partial charge < -0.3 is 10.5 Å². The largest absolute Gasteiger partial charge is 0.497 e. The highest BCUT2D eigenvalue weighted by Gasteiger charge is 2.05. The molecular formula is C13H13ClN2OS. The number of halogens is 1. The molecule has 2 rings (SSSR count). The van der Waals surface area contributed by atoms with Crippen LogP contribution in [-0.2, 0) is 5.75 Å². The van der Waals surface area contributed by atoms with Crippen molar-refractivity contribution in [3.05, 3.63) is 47.2 Å². The van der Waals surface area contributed by atoms with Crippen LogP contribution in [0.1, 0.15) is 5.56 Å². The number of aromatic nitrogens is 1. The van der Waals surface area contributed by atoms with Crippen LogP contribution >= 0.6 is 23.4 Å². The second-order valence-corrected chi connectivity index (χ2v) is 5.02. The first-order valence-electron chi connectivity index (χ1n) is 5.36. The maximum atomic E-state index is 6.01. The van der Waals surface area contributed by atoms with Crippen LogP contribution in [0.3, 0.4) is 0 Å². The Kier molecular flexibility index (Phi) is 4.33. The fraction of sp³-hybridized carbons (Fsp3) is 0.154. The summed E-state index contributed by atoms with van der Waals surface area (Å²) in [6.07, 6.45) is 1.68. The molecule has 0 amide bonds. The third-order valence-corrected chi connectivity index (χ3v) is 3.90. The minimum Gasteiger partial charge on any atom is -0.497 e. The number of methoxy groups -OCH3 is 1. The number of hydrogen-bond donors (Lipinski definition) is 1. The van der Waals surface area contributed by atoms with Gasteiger partial charge in [-0.05, 0) is 29.8 Å². The molecule has 0 unspecified atom stereocenters. The molecule has 5 heteroatoms. The summed E-state index contributed by atoms with van der Waals surface area (Å²) in [6, 6.07) is 9.43. The quantitative estimate of drug-likeness (QED) is 0.528. The zero-order valence-electron chi connectivity index (χ0n) is 9.89. The van der Waals surface area contributed by atoms with Crippen LogP contribution in [0.5, 0.6) is 5.75 Å². The van der Waals surface area contributed by atoms with Crippen LogP contribution in [-0.4, -0.2) is 12.1 Å². The molecule has 0 aliphatic heterocycles. The highest BCUT2D eigenvalue weighted by molar-refractivity contribution is 7.98. The average Bonchev–Trinajstić information content (AvgIpc) is 2.39. The maximum absolute atomic E-state index is 6.01. The molecule has 18 heavy (non-hydrogen) atoms. The van der Waals surface area contributed by atoms with Gasteiger partial charge in [-0.1, -0.05) is 17.7 Å². The summed E-state index contributed by atoms with van der Waals surface area (Å²) >= 11 is 7.62. The van der Waals surface area contributed by atoms with Crippen LogP contribution in [0.4, 0.5) is 5.69 Å². The van der Waals surface area contributed by atoms with Crippen molar-refractivity contribution in [3.63, 3.8) is 0 Å². The highest BCUT2D eigenvalue weighted by Crippen LogP contribution is 2.32. The first-order chi connectivity index (χ1) is 8.70. The second-order valence-electron chi connectivity index (χ2n) is 3.65. The van der Waals surface area contributed by atoms with E-state index in [0.29, 0.717) is 5.15 Å². The first kappa shape index (κ1) is 13.1. The predicted molar refractivity (Wildman–Crippen MR) is 76.2 cm³/mol. The number of rotatable bonds is 4. The molecule has 0 atom stereocenters. The zero-order valence-corrected chi connectivity index (χ0v) is 11.5. The Morgan fingerprint density at radius 1 is 1.39 bits per heavy atom. The molecule has 0 fully saturated rings. The summed E-state index contributed by atoms with van der Waals surface area (Å²) < 4.78 is 5.18. The molecule has 1 aromatic heterocycles. The number of nitrogens with zero attached hydrogens (tertiary/aromatic N) is 1. The van der Waals surface area contributed by atoms with Crippen LogP contribution in [0.2, 0.25) is 5.15 Å². The zero-order chi connectivity index (χ0) is 13.0. The first-order valence-corrected chi connectivity index (χ1v) is 6.73. The molecule has 0 saturated carbocycles. The minimum absolute atomic E-state index is 0.534. The fourth-order valence-corrected chi connectivity index (χ4v) is 2.69. The monoisotopic (exact) mass is 280 g/mol. The van der Waals surface area contributed by atoms with Crippen molar-refractivity contribution >= 4 is 29.1 Å². The van der Waals surface area contributed by atoms with Crippen LogP contribution in [0.25, 0.3) is 0 Å². The smallest absolute Gasteiger partial charge is 0.133 e. The molecule has 0 saturated heterocycles. The molecule has 0 radical (unpaired) electrons. The molecule has 1 heterocycles. The summed E-state index contributed by atoms with van der Waals surface area (Å²) in [5, 5.41) is 0.534. The number of hydrogen-bond acceptors (Lipinski definition) is 4. The minimum atomic E-state index is 0.534. The molecule has 0 aliphatic carbocycles. The van der Waals surface area contributed by atoms with Gasteiger partial charge in [0, 0.05) is 22.5 Å². The van der Waals surface area contributed by atoms with Crippen molar-refractivity contribution in [2.75, 3.05) is 12.8 Å². The molecule has 2 aromatic rings. The van der Waals surface area contributed by atoms with Gasteiger partial charge >= 0.3 is 0 Å². The molecule has 2 N–H and O–H groups in total. The van der Waals surface area contributed by atoms with Crippen molar-refractivity contribution < 1.29 is 4.74 Å². The summed E-state index contributed by atoms with van der Waals surface area (Å²) in [7, 11) is 1.64. The number of nitrogen functional groups attached to an aromatic ring is 1. The SMILES string of the molecule is COc1ccc(N)c(SCc2cccnc2Cl)c1. The third-order valence-electron chi connectivity index (χ3n) is 2.44. The summed E-state index contributed by atoms with van der Waals surface area (Å²) in [6.45, 7) is 0. The fourth-order valence-electron chi connectivity index (χ4n) is 1.45. The number of thioether (sulfide) groups is 1. The highest BCUT2D eigenvalue weighted by atomic mass is 35.5. The molecule has 94 valence electrons. The van der Waals surface area contributed by atoms with Gasteiger partial charge in [0.1, 0.15) is 10.9 Å². The van der Waals surface area contributed by atoms with Crippen molar-refractivity contribution in [1.29, 1.82) is 0 Å². The lowest BCUT2D eigenvalue weighted by atomic mass is 10.3. The normalized spacial score (nSPS) is 10.3. The Balaban J connectivity index is 2.13. The van der Waals surface area contributed by atoms with E-state index in [1.165, 1.54) is 0 Å². The standard InChI is InChI=1S/C13H13ClN2OS/c1-17-10-4-5-11(15)12(7-10)18-8-9-3-2-6-16-13(9)14/h2-7H,8,15H2,1H3. The number of benzene rings is 1. The van der Waals surface area contributed by atoms with E-state index in [2.05, 4.69) is 4.98 Å². The maximum Gasteiger partial charge on any atom is 0.133 e. The predicted octanol–water partition coefficient (Wildman–Crippen LogP) is 3.62. The molecule has 0 bridgehead atoms. The Morgan fingerprint density at radius 3 is 2.94 bits per heavy atom. The Bertz CT molecular complexity index is 548. The Hall–Kier alpha value is -1.39. The van der Waals surface area contributed by atoms with Crippen molar-refractivity contribution in [2.45, 2.75) is 10.6 Å². The van der Waals surface area contributed by atoms with Crippen LogP contribution in [0, 0.1) is 0 Å².